The molecule has 0 bridgehead atoms. The van der Waals surface area contributed by atoms with Gasteiger partial charge in [0.15, 0.2) is 11.5 Å². The lowest BCUT2D eigenvalue weighted by atomic mass is 10.1. The molecule has 0 amide bonds. The summed E-state index contributed by atoms with van der Waals surface area (Å²) in [4.78, 5) is 11.6. The second-order valence-corrected chi connectivity index (χ2v) is 2.52. The molecule has 1 aromatic rings. The molecule has 0 unspecified atom stereocenters. The quantitative estimate of drug-likeness (QED) is 0.742. The number of methoxy groups -OCH3 is 2. The standard InChI is InChI=1S/C11H14O3/c1-8(12)6-9-4-5-10(13-2)11(7-9)14-3/h4-5,7H,6H2,1-3H3/i1D3,6D2. The molecule has 0 spiro atoms. The van der Waals surface area contributed by atoms with Gasteiger partial charge < -0.3 is 9.47 Å². The minimum atomic E-state index is -3.00. The number of carbonyl (C=O) groups excluding carboxylic acids is 1. The van der Waals surface area contributed by atoms with E-state index in [-0.39, 0.29) is 11.3 Å². The van der Waals surface area contributed by atoms with Gasteiger partial charge in [0.05, 0.1) is 14.2 Å². The Morgan fingerprint density at radius 3 is 2.71 bits per heavy atom. The van der Waals surface area contributed by atoms with Gasteiger partial charge in [-0.2, -0.15) is 0 Å². The van der Waals surface area contributed by atoms with E-state index in [1.165, 1.54) is 32.4 Å². The van der Waals surface area contributed by atoms with E-state index >= 15 is 0 Å². The summed E-state index contributed by atoms with van der Waals surface area (Å²) < 4.78 is 46.4. The molecule has 3 heteroatoms. The molecule has 0 aliphatic heterocycles. The van der Waals surface area contributed by atoms with Crippen LogP contribution in [0.1, 0.15) is 19.3 Å². The highest BCUT2D eigenvalue weighted by atomic mass is 16.5. The molecular formula is C11H14O3. The van der Waals surface area contributed by atoms with Crippen molar-refractivity contribution in [3.8, 4) is 11.5 Å². The molecule has 0 saturated heterocycles. The van der Waals surface area contributed by atoms with Crippen LogP contribution >= 0.6 is 0 Å². The minimum absolute atomic E-state index is 0.0914. The van der Waals surface area contributed by atoms with Gasteiger partial charge in [-0.25, -0.2) is 0 Å². The highest BCUT2D eigenvalue weighted by Crippen LogP contribution is 2.27. The number of rotatable bonds is 4. The molecule has 1 aromatic carbocycles. The zero-order valence-corrected chi connectivity index (χ0v) is 7.96. The van der Waals surface area contributed by atoms with Gasteiger partial charge >= 0.3 is 0 Å². The third-order valence-electron chi connectivity index (χ3n) is 1.64. The summed E-state index contributed by atoms with van der Waals surface area (Å²) in [5.74, 6) is -0.877. The number of ketones is 1. The fourth-order valence-electron chi connectivity index (χ4n) is 1.05. The second kappa shape index (κ2) is 4.65. The molecule has 1 rings (SSSR count). The molecule has 3 nitrogen and oxygen atoms in total. The molecule has 0 aromatic heterocycles. The largest absolute Gasteiger partial charge is 0.493 e. The first-order valence-corrected chi connectivity index (χ1v) is 3.92. The van der Waals surface area contributed by atoms with Crippen LogP contribution in [-0.4, -0.2) is 20.0 Å². The predicted octanol–water partition coefficient (Wildman–Crippen LogP) is 1.84. The number of carbonyl (C=O) groups is 1. The van der Waals surface area contributed by atoms with E-state index in [4.69, 9.17) is 16.3 Å². The molecule has 0 saturated carbocycles. The maximum absolute atomic E-state index is 11.6. The first kappa shape index (κ1) is 5.39. The highest BCUT2D eigenvalue weighted by molar-refractivity contribution is 5.78. The third-order valence-corrected chi connectivity index (χ3v) is 1.64. The van der Waals surface area contributed by atoms with Crippen molar-refractivity contribution in [2.45, 2.75) is 13.2 Å². The summed E-state index contributed by atoms with van der Waals surface area (Å²) in [5.41, 5.74) is -0.0914. The highest BCUT2D eigenvalue weighted by Gasteiger charge is 2.05. The van der Waals surface area contributed by atoms with Gasteiger partial charge in [0, 0.05) is 13.2 Å². The molecule has 0 aliphatic rings. The van der Waals surface area contributed by atoms with E-state index in [0.29, 0.717) is 5.75 Å². The van der Waals surface area contributed by atoms with Crippen molar-refractivity contribution in [1.82, 2.24) is 0 Å². The summed E-state index contributed by atoms with van der Waals surface area (Å²) >= 11 is 0. The fraction of sp³-hybridized carbons (Fsp3) is 0.364. The second-order valence-electron chi connectivity index (χ2n) is 2.52. The lowest BCUT2D eigenvalue weighted by Crippen LogP contribution is -1.98. The van der Waals surface area contributed by atoms with Gasteiger partial charge in [0.25, 0.3) is 0 Å². The summed E-state index contributed by atoms with van der Waals surface area (Å²) in [6.07, 6.45) is -2.62. The van der Waals surface area contributed by atoms with Crippen LogP contribution in [0.5, 0.6) is 11.5 Å². The van der Waals surface area contributed by atoms with Gasteiger partial charge in [0.1, 0.15) is 5.78 Å². The third kappa shape index (κ3) is 2.49. The fourth-order valence-corrected chi connectivity index (χ4v) is 1.05. The molecule has 0 aliphatic carbocycles. The van der Waals surface area contributed by atoms with E-state index < -0.39 is 19.0 Å². The van der Waals surface area contributed by atoms with E-state index in [9.17, 15) is 4.79 Å². The number of hydrogen-bond acceptors (Lipinski definition) is 3. The van der Waals surface area contributed by atoms with Crippen molar-refractivity contribution in [3.05, 3.63) is 23.8 Å². The Morgan fingerprint density at radius 1 is 1.43 bits per heavy atom. The number of ether oxygens (including phenoxy) is 2. The number of benzene rings is 1. The Morgan fingerprint density at radius 2 is 2.14 bits per heavy atom. The van der Waals surface area contributed by atoms with Crippen LogP contribution in [0.2, 0.25) is 0 Å². The van der Waals surface area contributed by atoms with Crippen LogP contribution in [-0.2, 0) is 11.2 Å². The SMILES string of the molecule is [2H]C([2H])([2H])C(=O)C([2H])([2H])c1ccc(OC)c(OC)c1. The van der Waals surface area contributed by atoms with Crippen LogP contribution < -0.4 is 9.47 Å². The Kier molecular flexibility index (Phi) is 1.79. The van der Waals surface area contributed by atoms with Crippen molar-refractivity contribution in [2.75, 3.05) is 14.2 Å². The first-order chi connectivity index (χ1) is 8.64. The first-order valence-electron chi connectivity index (χ1n) is 6.42. The predicted molar refractivity (Wildman–Crippen MR) is 53.9 cm³/mol. The topological polar surface area (TPSA) is 35.5 Å². The Bertz CT molecular complexity index is 482. The zero-order chi connectivity index (χ0) is 14.8. The number of hydrogen-bond donors (Lipinski definition) is 0. The van der Waals surface area contributed by atoms with Crippen LogP contribution in [0.3, 0.4) is 0 Å². The molecule has 76 valence electrons. The van der Waals surface area contributed by atoms with Crippen molar-refractivity contribution < 1.29 is 21.1 Å². The molecule has 0 atom stereocenters. The lowest BCUT2D eigenvalue weighted by molar-refractivity contribution is -0.116. The van der Waals surface area contributed by atoms with E-state index in [0.717, 1.165) is 0 Å². The molecular weight excluding hydrogens is 180 g/mol. The molecule has 14 heavy (non-hydrogen) atoms. The Labute approximate surface area is 90.7 Å². The van der Waals surface area contributed by atoms with Crippen molar-refractivity contribution in [2.24, 2.45) is 0 Å². The maximum Gasteiger partial charge on any atom is 0.161 e. The van der Waals surface area contributed by atoms with Crippen LogP contribution in [0, 0.1) is 0 Å². The van der Waals surface area contributed by atoms with E-state index in [1.807, 2.05) is 0 Å². The summed E-state index contributed by atoms with van der Waals surface area (Å²) in [6, 6.07) is 3.96. The monoisotopic (exact) mass is 199 g/mol. The average molecular weight is 199 g/mol. The van der Waals surface area contributed by atoms with Crippen LogP contribution in [0.4, 0.5) is 0 Å². The van der Waals surface area contributed by atoms with Gasteiger partial charge in [-0.05, 0) is 24.5 Å². The summed E-state index contributed by atoms with van der Waals surface area (Å²) in [6.45, 7) is -3.00. The van der Waals surface area contributed by atoms with Crippen LogP contribution in [0.15, 0.2) is 18.2 Å². The van der Waals surface area contributed by atoms with Gasteiger partial charge in [-0.15, -0.1) is 0 Å². The number of Topliss-reactive ketones (excluding diaryl/α,β-unsaturated/α-hetero) is 1. The van der Waals surface area contributed by atoms with Crippen LogP contribution in [0.25, 0.3) is 0 Å². The Hall–Kier alpha value is -1.51. The van der Waals surface area contributed by atoms with E-state index in [1.54, 1.807) is 0 Å². The summed E-state index contributed by atoms with van der Waals surface area (Å²) in [7, 11) is 2.78. The van der Waals surface area contributed by atoms with Gasteiger partial charge in [-0.3, -0.25) is 4.79 Å². The molecule has 0 N–H and O–H groups in total. The average Bonchev–Trinajstić information content (AvgIpc) is 2.35. The molecule has 0 heterocycles. The lowest BCUT2D eigenvalue weighted by Gasteiger charge is -2.08. The van der Waals surface area contributed by atoms with Gasteiger partial charge in [-0.1, -0.05) is 6.07 Å². The summed E-state index contributed by atoms with van der Waals surface area (Å²) in [5, 5.41) is 0. The van der Waals surface area contributed by atoms with Crippen molar-refractivity contribution in [3.63, 3.8) is 0 Å². The normalized spacial score (nSPS) is 16.9. The van der Waals surface area contributed by atoms with Gasteiger partial charge in [0.2, 0.25) is 0 Å². The zero-order valence-electron chi connectivity index (χ0n) is 13.0. The molecule has 0 radical (unpaired) electrons. The van der Waals surface area contributed by atoms with Crippen molar-refractivity contribution >= 4 is 5.78 Å². The Balaban J connectivity index is 3.26. The smallest absolute Gasteiger partial charge is 0.161 e. The maximum atomic E-state index is 11.6. The van der Waals surface area contributed by atoms with E-state index in [2.05, 4.69) is 0 Å². The van der Waals surface area contributed by atoms with Crippen molar-refractivity contribution in [1.29, 1.82) is 0 Å². The molecule has 0 fully saturated rings. The minimum Gasteiger partial charge on any atom is -0.493 e.